The molecule has 2 aromatic rings. The smallest absolute Gasteiger partial charge is 0.150 e. The number of halogens is 2. The normalized spacial score (nSPS) is 10.8. The summed E-state index contributed by atoms with van der Waals surface area (Å²) in [5, 5.41) is 1.02. The summed E-state index contributed by atoms with van der Waals surface area (Å²) < 4.78 is 1.39. The zero-order chi connectivity index (χ0) is 13.3. The van der Waals surface area contributed by atoms with Gasteiger partial charge in [-0.15, -0.1) is 0 Å². The van der Waals surface area contributed by atoms with Crippen LogP contribution in [-0.4, -0.2) is 9.66 Å². The molecule has 0 radical (unpaired) electrons. The van der Waals surface area contributed by atoms with Crippen LogP contribution in [0.2, 0.25) is 10.0 Å². The maximum Gasteiger partial charge on any atom is 0.150 e. The Bertz CT molecular complexity index is 557. The molecule has 6 heteroatoms. The number of benzene rings is 1. The zero-order valence-corrected chi connectivity index (χ0v) is 11.5. The second-order valence-electron chi connectivity index (χ2n) is 3.98. The topological polar surface area (TPSA) is 69.9 Å². The lowest BCUT2D eigenvalue weighted by Crippen LogP contribution is -2.15. The summed E-state index contributed by atoms with van der Waals surface area (Å²) in [6, 6.07) is 5.27. The van der Waals surface area contributed by atoms with Crippen LogP contribution < -0.4 is 11.6 Å². The van der Waals surface area contributed by atoms with E-state index in [1.807, 2.05) is 6.92 Å². The Labute approximate surface area is 115 Å². The Hall–Kier alpha value is -1.39. The van der Waals surface area contributed by atoms with E-state index in [1.165, 1.54) is 4.68 Å². The van der Waals surface area contributed by atoms with Crippen molar-refractivity contribution in [1.29, 1.82) is 0 Å². The predicted molar refractivity (Wildman–Crippen MR) is 76.2 cm³/mol. The second-order valence-corrected chi connectivity index (χ2v) is 4.79. The molecule has 0 saturated carbocycles. The first-order chi connectivity index (χ1) is 8.56. The van der Waals surface area contributed by atoms with Gasteiger partial charge >= 0.3 is 0 Å². The first-order valence-corrected chi connectivity index (χ1v) is 6.38. The minimum Gasteiger partial charge on any atom is -0.382 e. The molecule has 0 atom stereocenters. The van der Waals surface area contributed by atoms with E-state index in [2.05, 4.69) is 4.98 Å². The Balaban J connectivity index is 2.61. The highest BCUT2D eigenvalue weighted by molar-refractivity contribution is 6.39. The zero-order valence-electron chi connectivity index (χ0n) is 9.95. The molecule has 1 heterocycles. The molecule has 0 fully saturated rings. The number of anilines is 1. The van der Waals surface area contributed by atoms with Gasteiger partial charge in [0, 0.05) is 12.0 Å². The summed E-state index contributed by atoms with van der Waals surface area (Å²) in [6.07, 6.45) is 1.69. The molecule has 18 heavy (non-hydrogen) atoms. The Morgan fingerprint density at radius 2 is 1.89 bits per heavy atom. The molecule has 0 spiro atoms. The van der Waals surface area contributed by atoms with Gasteiger partial charge in [-0.2, -0.15) is 0 Å². The first-order valence-electron chi connectivity index (χ1n) is 5.62. The van der Waals surface area contributed by atoms with E-state index in [0.717, 1.165) is 18.7 Å². The summed E-state index contributed by atoms with van der Waals surface area (Å²) >= 11 is 12.3. The van der Waals surface area contributed by atoms with Crippen LogP contribution in [0.25, 0.3) is 11.3 Å². The van der Waals surface area contributed by atoms with Crippen LogP contribution in [0.15, 0.2) is 18.2 Å². The fraction of sp³-hybridized carbons (Fsp3) is 0.250. The van der Waals surface area contributed by atoms with Crippen LogP contribution >= 0.6 is 23.2 Å². The Morgan fingerprint density at radius 3 is 2.44 bits per heavy atom. The molecule has 0 amide bonds. The van der Waals surface area contributed by atoms with Crippen molar-refractivity contribution in [1.82, 2.24) is 9.66 Å². The number of rotatable bonds is 3. The SMILES string of the molecule is CCCc1nc(-c2c(Cl)cccc2Cl)c(N)n1N. The van der Waals surface area contributed by atoms with Gasteiger partial charge in [0.1, 0.15) is 11.5 Å². The van der Waals surface area contributed by atoms with Gasteiger partial charge in [0.15, 0.2) is 5.82 Å². The summed E-state index contributed by atoms with van der Waals surface area (Å²) in [5.41, 5.74) is 7.13. The van der Waals surface area contributed by atoms with E-state index in [4.69, 9.17) is 34.8 Å². The number of nitrogen functional groups attached to an aromatic ring is 2. The number of nitrogens with two attached hydrogens (primary N) is 2. The van der Waals surface area contributed by atoms with Crippen LogP contribution in [0.3, 0.4) is 0 Å². The fourth-order valence-electron chi connectivity index (χ4n) is 1.80. The van der Waals surface area contributed by atoms with Crippen molar-refractivity contribution >= 4 is 29.0 Å². The van der Waals surface area contributed by atoms with Crippen molar-refractivity contribution in [2.24, 2.45) is 0 Å². The number of nitrogens with zero attached hydrogens (tertiary/aromatic N) is 2. The number of aryl methyl sites for hydroxylation is 1. The van der Waals surface area contributed by atoms with Crippen molar-refractivity contribution in [3.05, 3.63) is 34.1 Å². The predicted octanol–water partition coefficient (Wildman–Crippen LogP) is 3.11. The highest BCUT2D eigenvalue weighted by Gasteiger charge is 2.18. The monoisotopic (exact) mass is 284 g/mol. The molecule has 0 saturated heterocycles. The standard InChI is InChI=1S/C12H14Cl2N4/c1-2-4-9-17-11(12(15)18(9)16)10-7(13)5-3-6-8(10)14/h3,5-6H,2,4,15-16H2,1H3. The number of hydrogen-bond acceptors (Lipinski definition) is 3. The molecule has 1 aromatic heterocycles. The summed E-state index contributed by atoms with van der Waals surface area (Å²) in [5.74, 6) is 6.96. The van der Waals surface area contributed by atoms with E-state index >= 15 is 0 Å². The molecule has 1 aromatic carbocycles. The van der Waals surface area contributed by atoms with Gasteiger partial charge in [-0.05, 0) is 18.6 Å². The lowest BCUT2D eigenvalue weighted by Gasteiger charge is -2.05. The third-order valence-electron chi connectivity index (χ3n) is 2.69. The van der Waals surface area contributed by atoms with Gasteiger partial charge in [-0.25, -0.2) is 9.66 Å². The lowest BCUT2D eigenvalue weighted by molar-refractivity contribution is 0.794. The van der Waals surface area contributed by atoms with Crippen molar-refractivity contribution in [3.63, 3.8) is 0 Å². The second kappa shape index (κ2) is 5.08. The lowest BCUT2D eigenvalue weighted by atomic mass is 10.1. The van der Waals surface area contributed by atoms with Gasteiger partial charge in [0.25, 0.3) is 0 Å². The molecule has 0 aliphatic rings. The van der Waals surface area contributed by atoms with Crippen molar-refractivity contribution < 1.29 is 0 Å². The molecule has 2 rings (SSSR count). The van der Waals surface area contributed by atoms with Gasteiger partial charge in [0.05, 0.1) is 10.0 Å². The molecule has 0 unspecified atom stereocenters. The Morgan fingerprint density at radius 1 is 1.28 bits per heavy atom. The summed E-state index contributed by atoms with van der Waals surface area (Å²) in [7, 11) is 0. The molecule has 4 nitrogen and oxygen atoms in total. The van der Waals surface area contributed by atoms with Gasteiger partial charge in [-0.1, -0.05) is 36.2 Å². The van der Waals surface area contributed by atoms with E-state index in [0.29, 0.717) is 27.1 Å². The van der Waals surface area contributed by atoms with Crippen molar-refractivity contribution in [3.8, 4) is 11.3 Å². The van der Waals surface area contributed by atoms with Crippen LogP contribution in [0, 0.1) is 0 Å². The van der Waals surface area contributed by atoms with E-state index in [1.54, 1.807) is 18.2 Å². The first kappa shape index (κ1) is 13.1. The molecule has 0 bridgehead atoms. The van der Waals surface area contributed by atoms with Crippen LogP contribution in [0.4, 0.5) is 5.82 Å². The van der Waals surface area contributed by atoms with Crippen LogP contribution in [0.5, 0.6) is 0 Å². The Kier molecular flexibility index (Phi) is 3.68. The van der Waals surface area contributed by atoms with Crippen LogP contribution in [-0.2, 0) is 6.42 Å². The van der Waals surface area contributed by atoms with Gasteiger partial charge in [-0.3, -0.25) is 0 Å². The third kappa shape index (κ3) is 2.13. The minimum absolute atomic E-state index is 0.369. The van der Waals surface area contributed by atoms with Gasteiger partial charge in [0.2, 0.25) is 0 Å². The highest BCUT2D eigenvalue weighted by atomic mass is 35.5. The van der Waals surface area contributed by atoms with E-state index < -0.39 is 0 Å². The average molecular weight is 285 g/mol. The van der Waals surface area contributed by atoms with Crippen molar-refractivity contribution in [2.45, 2.75) is 19.8 Å². The molecule has 96 valence electrons. The highest BCUT2D eigenvalue weighted by Crippen LogP contribution is 2.36. The fourth-order valence-corrected chi connectivity index (χ4v) is 2.38. The van der Waals surface area contributed by atoms with E-state index in [-0.39, 0.29) is 0 Å². The largest absolute Gasteiger partial charge is 0.382 e. The maximum atomic E-state index is 6.14. The molecule has 4 N–H and O–H groups in total. The average Bonchev–Trinajstić information content (AvgIpc) is 2.59. The number of imidazole rings is 1. The summed E-state index contributed by atoms with van der Waals surface area (Å²) in [4.78, 5) is 4.44. The third-order valence-corrected chi connectivity index (χ3v) is 3.32. The van der Waals surface area contributed by atoms with E-state index in [9.17, 15) is 0 Å². The molecule has 0 aliphatic heterocycles. The minimum atomic E-state index is 0.369. The van der Waals surface area contributed by atoms with Crippen molar-refractivity contribution in [2.75, 3.05) is 11.6 Å². The summed E-state index contributed by atoms with van der Waals surface area (Å²) in [6.45, 7) is 2.05. The van der Waals surface area contributed by atoms with Crippen LogP contribution in [0.1, 0.15) is 19.2 Å². The number of aromatic nitrogens is 2. The quantitative estimate of drug-likeness (QED) is 0.851. The molecular weight excluding hydrogens is 271 g/mol. The number of hydrogen-bond donors (Lipinski definition) is 2. The maximum absolute atomic E-state index is 6.14. The van der Waals surface area contributed by atoms with Gasteiger partial charge < -0.3 is 11.6 Å². The molecular formula is C12H14Cl2N4. The molecule has 0 aliphatic carbocycles.